The molecule has 0 aliphatic heterocycles. The van der Waals surface area contributed by atoms with Gasteiger partial charge in [-0.1, -0.05) is 45.0 Å². The predicted octanol–water partition coefficient (Wildman–Crippen LogP) is 3.96. The molecule has 3 aromatic heterocycles. The van der Waals surface area contributed by atoms with Crippen molar-refractivity contribution >= 4 is 16.6 Å². The molecular formula is C22H25N5O. The molecule has 0 amide bonds. The van der Waals surface area contributed by atoms with Gasteiger partial charge in [0.2, 0.25) is 0 Å². The Labute approximate surface area is 164 Å². The van der Waals surface area contributed by atoms with Crippen molar-refractivity contribution in [1.29, 1.82) is 0 Å². The first-order chi connectivity index (χ1) is 13.6. The van der Waals surface area contributed by atoms with Gasteiger partial charge in [0.15, 0.2) is 11.5 Å². The average molecular weight is 375 g/mol. The van der Waals surface area contributed by atoms with Gasteiger partial charge < -0.3 is 10.1 Å². The molecule has 144 valence electrons. The molecule has 0 spiro atoms. The zero-order valence-corrected chi connectivity index (χ0v) is 16.5. The first-order valence-electron chi connectivity index (χ1n) is 9.61. The summed E-state index contributed by atoms with van der Waals surface area (Å²) < 4.78 is 8.14. The van der Waals surface area contributed by atoms with Crippen molar-refractivity contribution in [3.63, 3.8) is 0 Å². The largest absolute Gasteiger partial charge is 0.491 e. The van der Waals surface area contributed by atoms with Crippen molar-refractivity contribution in [3.8, 4) is 17.3 Å². The lowest BCUT2D eigenvalue weighted by Crippen LogP contribution is -2.34. The van der Waals surface area contributed by atoms with Gasteiger partial charge in [-0.15, -0.1) is 10.2 Å². The molecule has 0 atom stereocenters. The van der Waals surface area contributed by atoms with Crippen LogP contribution in [-0.4, -0.2) is 39.3 Å². The summed E-state index contributed by atoms with van der Waals surface area (Å²) in [5, 5.41) is 13.0. The van der Waals surface area contributed by atoms with Gasteiger partial charge in [-0.3, -0.25) is 4.40 Å². The molecule has 4 aromatic rings. The van der Waals surface area contributed by atoms with Gasteiger partial charge in [-0.25, -0.2) is 4.98 Å². The molecule has 0 aliphatic rings. The van der Waals surface area contributed by atoms with Crippen LogP contribution in [0.25, 0.3) is 28.1 Å². The van der Waals surface area contributed by atoms with E-state index in [-0.39, 0.29) is 5.41 Å². The quantitative estimate of drug-likeness (QED) is 0.530. The highest BCUT2D eigenvalue weighted by molar-refractivity contribution is 5.86. The van der Waals surface area contributed by atoms with Gasteiger partial charge in [0.25, 0.3) is 0 Å². The molecule has 0 unspecified atom stereocenters. The highest BCUT2D eigenvalue weighted by atomic mass is 16.5. The Morgan fingerprint density at radius 1 is 1.04 bits per heavy atom. The van der Waals surface area contributed by atoms with Crippen LogP contribution in [0.2, 0.25) is 0 Å². The second kappa shape index (κ2) is 7.56. The number of benzene rings is 1. The average Bonchev–Trinajstić information content (AvgIpc) is 3.14. The minimum atomic E-state index is 0.0268. The Hall–Kier alpha value is -2.99. The molecular weight excluding hydrogens is 350 g/mol. The number of rotatable bonds is 7. The fraction of sp³-hybridized carbons (Fsp3) is 0.318. The maximum atomic E-state index is 6.20. The highest BCUT2D eigenvalue weighted by Crippen LogP contribution is 2.28. The molecule has 0 saturated carbocycles. The van der Waals surface area contributed by atoms with Crippen molar-refractivity contribution in [1.82, 2.24) is 24.9 Å². The summed E-state index contributed by atoms with van der Waals surface area (Å²) in [5.41, 5.74) is 2.44. The van der Waals surface area contributed by atoms with Crippen LogP contribution >= 0.6 is 0 Å². The van der Waals surface area contributed by atoms with Gasteiger partial charge >= 0.3 is 0 Å². The van der Waals surface area contributed by atoms with E-state index in [2.05, 4.69) is 42.4 Å². The van der Waals surface area contributed by atoms with Crippen LogP contribution in [0.1, 0.15) is 20.8 Å². The van der Waals surface area contributed by atoms with Crippen LogP contribution in [-0.2, 0) is 0 Å². The van der Waals surface area contributed by atoms with Gasteiger partial charge in [0, 0.05) is 23.5 Å². The molecule has 1 N–H and O–H groups in total. The van der Waals surface area contributed by atoms with E-state index in [1.54, 1.807) is 0 Å². The summed E-state index contributed by atoms with van der Waals surface area (Å²) in [6, 6.07) is 15.9. The zero-order valence-electron chi connectivity index (χ0n) is 16.5. The second-order valence-corrected chi connectivity index (χ2v) is 7.71. The van der Waals surface area contributed by atoms with Crippen molar-refractivity contribution < 1.29 is 4.74 Å². The molecule has 0 aliphatic carbocycles. The number of nitrogens with zero attached hydrogens (tertiary/aromatic N) is 4. The molecule has 0 saturated heterocycles. The third-order valence-corrected chi connectivity index (χ3v) is 4.70. The number of ether oxygens (including phenoxy) is 1. The maximum Gasteiger partial charge on any atom is 0.187 e. The van der Waals surface area contributed by atoms with Gasteiger partial charge in [-0.2, -0.15) is 0 Å². The summed E-state index contributed by atoms with van der Waals surface area (Å²) in [6.45, 7) is 8.97. The van der Waals surface area contributed by atoms with E-state index in [1.807, 2.05) is 53.1 Å². The van der Waals surface area contributed by atoms with Crippen molar-refractivity contribution in [2.45, 2.75) is 20.8 Å². The zero-order chi connectivity index (χ0) is 19.6. The van der Waals surface area contributed by atoms with E-state index in [9.17, 15) is 0 Å². The van der Waals surface area contributed by atoms with E-state index in [0.717, 1.165) is 46.9 Å². The number of hydrogen-bond donors (Lipinski definition) is 1. The van der Waals surface area contributed by atoms with E-state index in [0.29, 0.717) is 6.61 Å². The van der Waals surface area contributed by atoms with Crippen molar-refractivity contribution in [2.75, 3.05) is 19.7 Å². The number of aromatic nitrogens is 4. The summed E-state index contributed by atoms with van der Waals surface area (Å²) in [7, 11) is 0. The van der Waals surface area contributed by atoms with E-state index in [1.165, 1.54) is 0 Å². The first kappa shape index (κ1) is 18.4. The summed E-state index contributed by atoms with van der Waals surface area (Å²) in [5.74, 6) is 1.51. The molecule has 1 aromatic carbocycles. The summed E-state index contributed by atoms with van der Waals surface area (Å²) in [6.07, 6.45) is 1.95. The van der Waals surface area contributed by atoms with Crippen LogP contribution in [0.15, 0.2) is 54.7 Å². The summed E-state index contributed by atoms with van der Waals surface area (Å²) in [4.78, 5) is 4.87. The first-order valence-corrected chi connectivity index (χ1v) is 9.61. The highest BCUT2D eigenvalue weighted by Gasteiger charge is 2.19. The van der Waals surface area contributed by atoms with Crippen LogP contribution < -0.4 is 10.1 Å². The topological polar surface area (TPSA) is 64.3 Å². The number of pyridine rings is 2. The van der Waals surface area contributed by atoms with Crippen LogP contribution in [0.5, 0.6) is 5.75 Å². The Bertz CT molecular complexity index is 1100. The van der Waals surface area contributed by atoms with E-state index >= 15 is 0 Å². The number of hydrogen-bond acceptors (Lipinski definition) is 5. The molecule has 6 heteroatoms. The lowest BCUT2D eigenvalue weighted by molar-refractivity contribution is 0.178. The lowest BCUT2D eigenvalue weighted by Gasteiger charge is -2.25. The molecule has 0 fully saturated rings. The Kier molecular flexibility index (Phi) is 4.96. The van der Waals surface area contributed by atoms with Crippen molar-refractivity contribution in [2.24, 2.45) is 5.41 Å². The number of nitrogens with one attached hydrogen (secondary N) is 1. The maximum absolute atomic E-state index is 6.20. The minimum absolute atomic E-state index is 0.0268. The van der Waals surface area contributed by atoms with E-state index < -0.39 is 0 Å². The predicted molar refractivity (Wildman–Crippen MR) is 112 cm³/mol. The SMILES string of the molecule is CCNCC(C)(C)COc1cccc2ccc(-c3nnc4ccccn34)nc12. The van der Waals surface area contributed by atoms with Crippen LogP contribution in [0.4, 0.5) is 0 Å². The minimum Gasteiger partial charge on any atom is -0.491 e. The number of para-hydroxylation sites is 1. The van der Waals surface area contributed by atoms with E-state index in [4.69, 9.17) is 9.72 Å². The number of fused-ring (bicyclic) bond motifs is 2. The normalized spacial score (nSPS) is 12.0. The van der Waals surface area contributed by atoms with Crippen LogP contribution in [0.3, 0.4) is 0 Å². The van der Waals surface area contributed by atoms with Gasteiger partial charge in [-0.05, 0) is 30.8 Å². The standard InChI is InChI=1S/C22H25N5O/c1-4-23-14-22(2,3)15-28-18-9-7-8-16-11-12-17(24-20(16)18)21-26-25-19-10-5-6-13-27(19)21/h5-13,23H,4,14-15H2,1-3H3. The molecule has 6 nitrogen and oxygen atoms in total. The molecule has 28 heavy (non-hydrogen) atoms. The third kappa shape index (κ3) is 3.68. The fourth-order valence-corrected chi connectivity index (χ4v) is 3.16. The monoisotopic (exact) mass is 375 g/mol. The Morgan fingerprint density at radius 2 is 1.93 bits per heavy atom. The Balaban J connectivity index is 1.68. The van der Waals surface area contributed by atoms with Gasteiger partial charge in [0.1, 0.15) is 17.0 Å². The summed E-state index contributed by atoms with van der Waals surface area (Å²) >= 11 is 0. The van der Waals surface area contributed by atoms with Crippen LogP contribution in [0, 0.1) is 5.41 Å². The second-order valence-electron chi connectivity index (χ2n) is 7.71. The fourth-order valence-electron chi connectivity index (χ4n) is 3.16. The molecule has 3 heterocycles. The molecule has 4 rings (SSSR count). The molecule has 0 bridgehead atoms. The Morgan fingerprint density at radius 3 is 2.79 bits per heavy atom. The van der Waals surface area contributed by atoms with Gasteiger partial charge in [0.05, 0.1) is 6.61 Å². The smallest absolute Gasteiger partial charge is 0.187 e. The lowest BCUT2D eigenvalue weighted by atomic mass is 9.95. The third-order valence-electron chi connectivity index (χ3n) is 4.70. The van der Waals surface area contributed by atoms with Crippen molar-refractivity contribution in [3.05, 3.63) is 54.7 Å². The molecule has 0 radical (unpaired) electrons.